The highest BCUT2D eigenvalue weighted by Crippen LogP contribution is 2.69. The predicted molar refractivity (Wildman–Crippen MR) is 155 cm³/mol. The number of carbonyl (C=O) groups excluding carboxylic acids is 2. The van der Waals surface area contributed by atoms with Crippen molar-refractivity contribution >= 4 is 17.4 Å². The van der Waals surface area contributed by atoms with Gasteiger partial charge in [-0.25, -0.2) is 0 Å². The molecule has 2 aromatic heterocycles. The molecule has 2 fully saturated rings. The molecule has 3 aliphatic rings. The Hall–Kier alpha value is -4.68. The van der Waals surface area contributed by atoms with E-state index in [4.69, 9.17) is 4.98 Å². The first-order chi connectivity index (χ1) is 19.9. The summed E-state index contributed by atoms with van der Waals surface area (Å²) in [6.45, 7) is 1.91. The Kier molecular flexibility index (Phi) is 5.66. The average molecular weight is 540 g/mol. The second-order valence-electron chi connectivity index (χ2n) is 11.2. The summed E-state index contributed by atoms with van der Waals surface area (Å²) >= 11 is 0. The molecule has 5 atom stereocenters. The molecule has 3 heterocycles. The van der Waals surface area contributed by atoms with Crippen LogP contribution in [-0.2, 0) is 15.2 Å². The molecule has 1 aliphatic heterocycles. The number of nitrogens with zero attached hydrogens (tertiary/aromatic N) is 3. The lowest BCUT2D eigenvalue weighted by atomic mass is 9.65. The Labute approximate surface area is 238 Å². The van der Waals surface area contributed by atoms with Gasteiger partial charge < -0.3 is 5.11 Å². The SMILES string of the molecule is CN1C(=O)C2C3C(C(O)(c4ccccc4)c4ccccn4)=CC(C3=C(c3ccccc3)c3ccccn3)C2(C)C1=O. The first-order valence-electron chi connectivity index (χ1n) is 13.8. The Morgan fingerprint density at radius 3 is 2.12 bits per heavy atom. The van der Waals surface area contributed by atoms with Crippen LogP contribution in [0.2, 0.25) is 0 Å². The summed E-state index contributed by atoms with van der Waals surface area (Å²) in [5, 5.41) is 12.9. The minimum Gasteiger partial charge on any atom is -0.375 e. The third-order valence-corrected chi connectivity index (χ3v) is 9.26. The number of hydrogen-bond donors (Lipinski definition) is 1. The summed E-state index contributed by atoms with van der Waals surface area (Å²) in [5.74, 6) is -2.05. The number of likely N-dealkylation sites (tertiary alicyclic amines) is 1. The molecular formula is C35H29N3O3. The lowest BCUT2D eigenvalue weighted by Crippen LogP contribution is -2.41. The number of hydrogen-bond acceptors (Lipinski definition) is 5. The highest BCUT2D eigenvalue weighted by molar-refractivity contribution is 6.10. The number of aromatic nitrogens is 2. The van der Waals surface area contributed by atoms with Gasteiger partial charge in [-0.1, -0.05) is 78.9 Å². The van der Waals surface area contributed by atoms with Crippen LogP contribution in [0.15, 0.2) is 127 Å². The minimum absolute atomic E-state index is 0.192. The maximum absolute atomic E-state index is 13.9. The van der Waals surface area contributed by atoms with Gasteiger partial charge >= 0.3 is 0 Å². The molecule has 0 spiro atoms. The van der Waals surface area contributed by atoms with Gasteiger partial charge in [0.05, 0.1) is 22.7 Å². The van der Waals surface area contributed by atoms with Crippen molar-refractivity contribution in [2.75, 3.05) is 7.05 Å². The number of aliphatic hydroxyl groups is 1. The molecule has 6 heteroatoms. The molecule has 202 valence electrons. The van der Waals surface area contributed by atoms with Gasteiger partial charge in [-0.05, 0) is 53.5 Å². The highest BCUT2D eigenvalue weighted by Gasteiger charge is 2.72. The fraction of sp³-hybridized carbons (Fsp3) is 0.200. The van der Waals surface area contributed by atoms with Crippen LogP contribution in [0.1, 0.15) is 29.4 Å². The first-order valence-corrected chi connectivity index (χ1v) is 13.8. The van der Waals surface area contributed by atoms with Gasteiger partial charge in [-0.15, -0.1) is 0 Å². The van der Waals surface area contributed by atoms with E-state index in [1.165, 1.54) is 4.90 Å². The summed E-state index contributed by atoms with van der Waals surface area (Å²) < 4.78 is 0. The highest BCUT2D eigenvalue weighted by atomic mass is 16.3. The van der Waals surface area contributed by atoms with E-state index < -0.39 is 28.8 Å². The number of amides is 2. The van der Waals surface area contributed by atoms with Gasteiger partial charge in [-0.3, -0.25) is 24.5 Å². The van der Waals surface area contributed by atoms with Crippen molar-refractivity contribution in [1.82, 2.24) is 14.9 Å². The molecule has 1 saturated heterocycles. The summed E-state index contributed by atoms with van der Waals surface area (Å²) in [6, 6.07) is 30.7. The zero-order valence-corrected chi connectivity index (χ0v) is 22.8. The third kappa shape index (κ3) is 3.40. The Morgan fingerprint density at radius 2 is 1.49 bits per heavy atom. The van der Waals surface area contributed by atoms with Crippen LogP contribution in [0.3, 0.4) is 0 Å². The third-order valence-electron chi connectivity index (χ3n) is 9.26. The topological polar surface area (TPSA) is 83.4 Å². The van der Waals surface area contributed by atoms with Crippen molar-refractivity contribution in [1.29, 1.82) is 0 Å². The smallest absolute Gasteiger partial charge is 0.236 e. The molecule has 7 rings (SSSR count). The van der Waals surface area contributed by atoms with Crippen molar-refractivity contribution in [3.63, 3.8) is 0 Å². The maximum Gasteiger partial charge on any atom is 0.236 e. The van der Waals surface area contributed by atoms with Gasteiger partial charge in [0.2, 0.25) is 11.8 Å². The number of imide groups is 1. The van der Waals surface area contributed by atoms with Crippen molar-refractivity contribution in [2.45, 2.75) is 12.5 Å². The lowest BCUT2D eigenvalue weighted by Gasteiger charge is -2.38. The monoisotopic (exact) mass is 539 g/mol. The molecule has 4 aromatic rings. The molecule has 2 bridgehead atoms. The number of carbonyl (C=O) groups is 2. The fourth-order valence-electron chi connectivity index (χ4n) is 7.42. The van der Waals surface area contributed by atoms with E-state index in [1.807, 2.05) is 110 Å². The molecular weight excluding hydrogens is 510 g/mol. The predicted octanol–water partition coefficient (Wildman–Crippen LogP) is 5.02. The van der Waals surface area contributed by atoms with Gasteiger partial charge in [0.25, 0.3) is 0 Å². The molecule has 2 amide bonds. The maximum atomic E-state index is 13.9. The van der Waals surface area contributed by atoms with E-state index in [1.54, 1.807) is 19.4 Å². The van der Waals surface area contributed by atoms with Crippen LogP contribution in [-0.4, -0.2) is 38.8 Å². The summed E-state index contributed by atoms with van der Waals surface area (Å²) in [5.41, 5.74) is 2.74. The van der Waals surface area contributed by atoms with Crippen molar-refractivity contribution in [3.05, 3.63) is 149 Å². The number of fused-ring (bicyclic) bond motifs is 5. The van der Waals surface area contributed by atoms with Crippen LogP contribution >= 0.6 is 0 Å². The van der Waals surface area contributed by atoms with Gasteiger partial charge in [0.15, 0.2) is 5.60 Å². The van der Waals surface area contributed by atoms with Crippen molar-refractivity contribution < 1.29 is 14.7 Å². The second kappa shape index (κ2) is 9.18. The molecule has 6 nitrogen and oxygen atoms in total. The minimum atomic E-state index is -1.62. The first kappa shape index (κ1) is 25.3. The summed E-state index contributed by atoms with van der Waals surface area (Å²) in [7, 11) is 1.57. The van der Waals surface area contributed by atoms with E-state index >= 15 is 0 Å². The van der Waals surface area contributed by atoms with Crippen LogP contribution in [0.4, 0.5) is 0 Å². The Balaban J connectivity index is 1.56. The number of pyridine rings is 2. The normalized spacial score (nSPS) is 27.4. The number of rotatable bonds is 5. The van der Waals surface area contributed by atoms with E-state index in [0.717, 1.165) is 22.4 Å². The Bertz CT molecular complexity index is 1640. The van der Waals surface area contributed by atoms with Crippen molar-refractivity contribution in [3.8, 4) is 0 Å². The van der Waals surface area contributed by atoms with E-state index in [-0.39, 0.29) is 11.8 Å². The number of allylic oxidation sites excluding steroid dienone is 2. The number of benzene rings is 2. The van der Waals surface area contributed by atoms with Gasteiger partial charge in [-0.2, -0.15) is 0 Å². The molecule has 2 aliphatic carbocycles. The zero-order valence-electron chi connectivity index (χ0n) is 22.8. The average Bonchev–Trinajstić information content (AvgIpc) is 3.58. The van der Waals surface area contributed by atoms with Crippen LogP contribution in [0.5, 0.6) is 0 Å². The molecule has 1 saturated carbocycles. The van der Waals surface area contributed by atoms with E-state index in [9.17, 15) is 14.7 Å². The zero-order chi connectivity index (χ0) is 28.4. The summed E-state index contributed by atoms with van der Waals surface area (Å²) in [6.07, 6.45) is 5.46. The van der Waals surface area contributed by atoms with E-state index in [0.29, 0.717) is 16.8 Å². The van der Waals surface area contributed by atoms with Crippen molar-refractivity contribution in [2.24, 2.45) is 23.2 Å². The molecule has 0 radical (unpaired) electrons. The van der Waals surface area contributed by atoms with Crippen LogP contribution in [0.25, 0.3) is 5.57 Å². The van der Waals surface area contributed by atoms with E-state index in [2.05, 4.69) is 4.98 Å². The van der Waals surface area contributed by atoms with Crippen LogP contribution in [0, 0.1) is 23.2 Å². The molecule has 2 aromatic carbocycles. The quantitative estimate of drug-likeness (QED) is 0.284. The molecule has 5 unspecified atom stereocenters. The fourth-order valence-corrected chi connectivity index (χ4v) is 7.42. The standard InChI is InChI=1S/C35H29N3O3/c1-34-24-21-25(35(41,23-15-7-4-8-16-23)27-18-10-12-20-37-27)30(31(34)32(39)38(2)33(34)40)29(24)28(22-13-5-3-6-14-22)26-17-9-11-19-36-26/h3-21,24,30-31,41H,1-2H3. The van der Waals surface area contributed by atoms with Gasteiger partial charge in [0, 0.05) is 36.9 Å². The summed E-state index contributed by atoms with van der Waals surface area (Å²) in [4.78, 5) is 38.3. The lowest BCUT2D eigenvalue weighted by molar-refractivity contribution is -0.140. The molecule has 1 N–H and O–H groups in total. The Morgan fingerprint density at radius 1 is 0.854 bits per heavy atom. The largest absolute Gasteiger partial charge is 0.375 e. The van der Waals surface area contributed by atoms with Crippen LogP contribution < -0.4 is 0 Å². The second-order valence-corrected chi connectivity index (χ2v) is 11.2. The molecule has 41 heavy (non-hydrogen) atoms. The van der Waals surface area contributed by atoms with Gasteiger partial charge in [0.1, 0.15) is 0 Å².